The van der Waals surface area contributed by atoms with Crippen LogP contribution in [-0.4, -0.2) is 65.7 Å². The normalized spacial score (nSPS) is 27.7. The number of hydrogen-bond acceptors (Lipinski definition) is 6. The zero-order valence-electron chi connectivity index (χ0n) is 16.6. The summed E-state index contributed by atoms with van der Waals surface area (Å²) in [5, 5.41) is 10.5. The molecule has 1 N–H and O–H groups in total. The molecule has 0 aliphatic carbocycles. The quantitative estimate of drug-likeness (QED) is 0.749. The molecular formula is C19H33NO6. The Balaban J connectivity index is 1.91. The molecule has 7 nitrogen and oxygen atoms in total. The van der Waals surface area contributed by atoms with Crippen molar-refractivity contribution >= 4 is 6.09 Å². The van der Waals surface area contributed by atoms with E-state index < -0.39 is 29.6 Å². The van der Waals surface area contributed by atoms with Gasteiger partial charge in [-0.1, -0.05) is 12.2 Å². The Morgan fingerprint density at radius 3 is 2.73 bits per heavy atom. The van der Waals surface area contributed by atoms with Crippen molar-refractivity contribution < 1.29 is 28.8 Å². The minimum atomic E-state index is -0.875. The van der Waals surface area contributed by atoms with Crippen LogP contribution in [0.5, 0.6) is 0 Å². The monoisotopic (exact) mass is 371 g/mol. The topological polar surface area (TPSA) is 77.5 Å². The van der Waals surface area contributed by atoms with Gasteiger partial charge in [-0.25, -0.2) is 4.79 Å². The number of carbonyl (C=O) groups is 1. The molecule has 2 aliphatic heterocycles. The lowest BCUT2D eigenvalue weighted by Gasteiger charge is -2.36. The number of nitrogens with zero attached hydrogens (tertiary/aromatic N) is 1. The maximum Gasteiger partial charge on any atom is 0.413 e. The molecule has 150 valence electrons. The van der Waals surface area contributed by atoms with Crippen molar-refractivity contribution in [3.63, 3.8) is 0 Å². The third kappa shape index (κ3) is 5.94. The third-order valence-corrected chi connectivity index (χ3v) is 4.35. The fourth-order valence-electron chi connectivity index (χ4n) is 3.08. The maximum absolute atomic E-state index is 12.6. The Bertz CT molecular complexity index is 493. The third-order valence-electron chi connectivity index (χ3n) is 4.35. The summed E-state index contributed by atoms with van der Waals surface area (Å²) in [6.07, 6.45) is 4.93. The van der Waals surface area contributed by atoms with E-state index in [2.05, 4.69) is 0 Å². The van der Waals surface area contributed by atoms with E-state index in [4.69, 9.17) is 18.9 Å². The van der Waals surface area contributed by atoms with Gasteiger partial charge in [-0.15, -0.1) is 0 Å². The molecular weight excluding hydrogens is 338 g/mol. The van der Waals surface area contributed by atoms with Gasteiger partial charge in [-0.2, -0.15) is 0 Å². The molecule has 2 saturated heterocycles. The van der Waals surface area contributed by atoms with Crippen LogP contribution in [0.2, 0.25) is 0 Å². The van der Waals surface area contributed by atoms with Crippen molar-refractivity contribution in [2.45, 2.75) is 83.6 Å². The van der Waals surface area contributed by atoms with Gasteiger partial charge in [-0.3, -0.25) is 4.90 Å². The van der Waals surface area contributed by atoms with Gasteiger partial charge in [0, 0.05) is 6.61 Å². The first-order chi connectivity index (χ1) is 12.1. The zero-order chi connectivity index (χ0) is 19.4. The van der Waals surface area contributed by atoms with Crippen LogP contribution in [0, 0.1) is 0 Å². The van der Waals surface area contributed by atoms with E-state index in [1.54, 1.807) is 26.0 Å². The van der Waals surface area contributed by atoms with Gasteiger partial charge in [0.05, 0.1) is 25.4 Å². The van der Waals surface area contributed by atoms with Crippen LogP contribution in [0.3, 0.4) is 0 Å². The molecule has 2 aliphatic rings. The number of aliphatic hydroxyl groups is 1. The van der Waals surface area contributed by atoms with Crippen LogP contribution >= 0.6 is 0 Å². The molecule has 3 atom stereocenters. The van der Waals surface area contributed by atoms with Crippen LogP contribution in [0.15, 0.2) is 12.2 Å². The van der Waals surface area contributed by atoms with Crippen LogP contribution < -0.4 is 0 Å². The highest BCUT2D eigenvalue weighted by Crippen LogP contribution is 2.31. The van der Waals surface area contributed by atoms with Crippen LogP contribution in [0.25, 0.3) is 0 Å². The average molecular weight is 371 g/mol. The molecule has 7 heteroatoms. The summed E-state index contributed by atoms with van der Waals surface area (Å²) in [6, 6.07) is -0.512. The second-order valence-electron chi connectivity index (χ2n) is 8.22. The molecule has 2 fully saturated rings. The number of carbonyl (C=O) groups excluding carboxylic acids is 1. The Morgan fingerprint density at radius 2 is 2.12 bits per heavy atom. The summed E-state index contributed by atoms with van der Waals surface area (Å²) < 4.78 is 22.3. The number of rotatable bonds is 5. The molecule has 0 bridgehead atoms. The van der Waals surface area contributed by atoms with Crippen molar-refractivity contribution in [2.24, 2.45) is 0 Å². The highest BCUT2D eigenvalue weighted by Gasteiger charge is 2.47. The van der Waals surface area contributed by atoms with Gasteiger partial charge in [0.1, 0.15) is 11.3 Å². The van der Waals surface area contributed by atoms with Crippen LogP contribution in [-0.2, 0) is 18.9 Å². The highest BCUT2D eigenvalue weighted by molar-refractivity contribution is 5.70. The Labute approximate surface area is 156 Å². The summed E-state index contributed by atoms with van der Waals surface area (Å²) >= 11 is 0. The molecule has 0 saturated carbocycles. The molecule has 0 aromatic rings. The number of hydrogen-bond donors (Lipinski definition) is 1. The van der Waals surface area contributed by atoms with Crippen molar-refractivity contribution in [1.29, 1.82) is 0 Å². The van der Waals surface area contributed by atoms with E-state index >= 15 is 0 Å². The first kappa shape index (κ1) is 21.2. The largest absolute Gasteiger partial charge is 0.444 e. The molecule has 2 heterocycles. The van der Waals surface area contributed by atoms with E-state index in [-0.39, 0.29) is 12.9 Å². The van der Waals surface area contributed by atoms with Gasteiger partial charge in [0.25, 0.3) is 0 Å². The van der Waals surface area contributed by atoms with Crippen molar-refractivity contribution in [3.05, 3.63) is 12.2 Å². The fourth-order valence-corrected chi connectivity index (χ4v) is 3.08. The summed E-state index contributed by atoms with van der Waals surface area (Å²) in [4.78, 5) is 14.0. The Hall–Kier alpha value is -1.15. The average Bonchev–Trinajstić information content (AvgIpc) is 2.86. The summed E-state index contributed by atoms with van der Waals surface area (Å²) in [5.41, 5.74) is -1.46. The number of ether oxygens (including phenoxy) is 4. The summed E-state index contributed by atoms with van der Waals surface area (Å²) in [5.74, 6) is 0. The molecule has 0 spiro atoms. The standard InChI is InChI=1S/C19H33NO6/c1-18(2,3)26-17(22)20-14(13-25-19(20,4)5)15(21)9-8-12-24-16-10-6-7-11-23-16/h8-9,14-16,21H,6-7,10-13H2,1-5H3/b9-8+/t14?,15-,16?/m1/s1. The van der Waals surface area contributed by atoms with E-state index in [1.165, 1.54) is 4.90 Å². The first-order valence-corrected chi connectivity index (χ1v) is 9.34. The van der Waals surface area contributed by atoms with E-state index in [9.17, 15) is 9.90 Å². The lowest BCUT2D eigenvalue weighted by atomic mass is 10.1. The van der Waals surface area contributed by atoms with Crippen LogP contribution in [0.4, 0.5) is 4.79 Å². The molecule has 1 amide bonds. The minimum absolute atomic E-state index is 0.169. The van der Waals surface area contributed by atoms with Gasteiger partial charge < -0.3 is 24.1 Å². The van der Waals surface area contributed by atoms with E-state index in [0.717, 1.165) is 25.9 Å². The highest BCUT2D eigenvalue weighted by atomic mass is 16.7. The molecule has 0 aromatic carbocycles. The lowest BCUT2D eigenvalue weighted by Crippen LogP contribution is -2.53. The van der Waals surface area contributed by atoms with Crippen molar-refractivity contribution in [1.82, 2.24) is 4.90 Å². The van der Waals surface area contributed by atoms with Crippen molar-refractivity contribution in [3.8, 4) is 0 Å². The van der Waals surface area contributed by atoms with Gasteiger partial charge in [0.2, 0.25) is 0 Å². The zero-order valence-corrected chi connectivity index (χ0v) is 16.6. The molecule has 26 heavy (non-hydrogen) atoms. The first-order valence-electron chi connectivity index (χ1n) is 9.34. The predicted molar refractivity (Wildman–Crippen MR) is 96.6 cm³/mol. The van der Waals surface area contributed by atoms with Gasteiger partial charge >= 0.3 is 6.09 Å². The second-order valence-corrected chi connectivity index (χ2v) is 8.22. The molecule has 0 radical (unpaired) electrons. The molecule has 0 aromatic heterocycles. The molecule has 2 rings (SSSR count). The summed E-state index contributed by atoms with van der Waals surface area (Å²) in [7, 11) is 0. The second kappa shape index (κ2) is 8.69. The lowest BCUT2D eigenvalue weighted by molar-refractivity contribution is -0.155. The molecule has 2 unspecified atom stereocenters. The number of amides is 1. The van der Waals surface area contributed by atoms with Gasteiger partial charge in [-0.05, 0) is 53.9 Å². The van der Waals surface area contributed by atoms with E-state index in [1.807, 2.05) is 20.8 Å². The Morgan fingerprint density at radius 1 is 1.38 bits per heavy atom. The minimum Gasteiger partial charge on any atom is -0.444 e. The maximum atomic E-state index is 12.6. The summed E-state index contributed by atoms with van der Waals surface area (Å²) in [6.45, 7) is 10.3. The SMILES string of the molecule is CC(C)(C)OC(=O)N1C([C@H](O)/C=C/COC2CCCCO2)COC1(C)C. The fraction of sp³-hybridized carbons (Fsp3) is 0.842. The van der Waals surface area contributed by atoms with E-state index in [0.29, 0.717) is 6.61 Å². The predicted octanol–water partition coefficient (Wildman–Crippen LogP) is 2.82. The smallest absolute Gasteiger partial charge is 0.413 e. The van der Waals surface area contributed by atoms with Gasteiger partial charge in [0.15, 0.2) is 6.29 Å². The Kier molecular flexibility index (Phi) is 7.07. The van der Waals surface area contributed by atoms with Crippen LogP contribution in [0.1, 0.15) is 53.9 Å². The number of aliphatic hydroxyl groups excluding tert-OH is 1. The van der Waals surface area contributed by atoms with Crippen molar-refractivity contribution in [2.75, 3.05) is 19.8 Å².